The van der Waals surface area contributed by atoms with Crippen molar-refractivity contribution in [3.05, 3.63) is 83.4 Å². The summed E-state index contributed by atoms with van der Waals surface area (Å²) in [5.74, 6) is -0.0702. The molecule has 0 spiro atoms. The molecule has 0 radical (unpaired) electrons. The zero-order valence-electron chi connectivity index (χ0n) is 20.2. The lowest BCUT2D eigenvalue weighted by atomic mass is 10.1. The quantitative estimate of drug-likeness (QED) is 0.687. The van der Waals surface area contributed by atoms with E-state index >= 15 is 0 Å². The molecule has 176 valence electrons. The second-order valence-electron chi connectivity index (χ2n) is 9.02. The zero-order valence-corrected chi connectivity index (χ0v) is 20.2. The van der Waals surface area contributed by atoms with E-state index < -0.39 is 0 Å². The molecule has 0 aliphatic carbocycles. The van der Waals surface area contributed by atoms with Crippen molar-refractivity contribution in [1.82, 2.24) is 29.3 Å². The summed E-state index contributed by atoms with van der Waals surface area (Å²) in [5.41, 5.74) is 6.44. The number of carbonyl (C=O) groups excluding carboxylic acids is 1. The van der Waals surface area contributed by atoms with Gasteiger partial charge in [0.15, 0.2) is 0 Å². The van der Waals surface area contributed by atoms with Crippen LogP contribution in [0.5, 0.6) is 0 Å². The number of allylic oxidation sites excluding steroid dienone is 6. The number of rotatable bonds is 5. The molecule has 1 fully saturated rings. The first kappa shape index (κ1) is 22.3. The van der Waals surface area contributed by atoms with Crippen molar-refractivity contribution < 1.29 is 4.79 Å². The lowest BCUT2D eigenvalue weighted by molar-refractivity contribution is -0.122. The van der Waals surface area contributed by atoms with Gasteiger partial charge in [-0.1, -0.05) is 26.0 Å². The SMILES string of the molecule is CCCN1CCN(C2=CN3C(=O)/C=C(c4cc5c(CC)nc(C)cn5n4)\C=C\C=C3C=C2)CC1. The van der Waals surface area contributed by atoms with Gasteiger partial charge in [0.05, 0.1) is 34.5 Å². The van der Waals surface area contributed by atoms with Crippen LogP contribution >= 0.6 is 0 Å². The Kier molecular flexibility index (Phi) is 6.20. The lowest BCUT2D eigenvalue weighted by Gasteiger charge is -2.38. The third-order valence-corrected chi connectivity index (χ3v) is 6.58. The normalized spacial score (nSPS) is 21.5. The predicted octanol–water partition coefficient (Wildman–Crippen LogP) is 3.70. The number of nitrogens with zero attached hydrogens (tertiary/aromatic N) is 6. The van der Waals surface area contributed by atoms with Crippen LogP contribution < -0.4 is 0 Å². The van der Waals surface area contributed by atoms with Crippen molar-refractivity contribution >= 4 is 17.0 Å². The maximum atomic E-state index is 13.4. The number of aryl methyl sites for hydroxylation is 2. The summed E-state index contributed by atoms with van der Waals surface area (Å²) in [4.78, 5) is 24.6. The topological polar surface area (TPSA) is 57.0 Å². The highest BCUT2D eigenvalue weighted by Gasteiger charge is 2.23. The molecular formula is C27H32N6O. The average molecular weight is 457 g/mol. The number of aromatic nitrogens is 3. The van der Waals surface area contributed by atoms with Crippen molar-refractivity contribution in [3.63, 3.8) is 0 Å². The first-order valence-electron chi connectivity index (χ1n) is 12.2. The zero-order chi connectivity index (χ0) is 23.7. The number of hydrogen-bond donors (Lipinski definition) is 0. The number of amides is 1. The predicted molar refractivity (Wildman–Crippen MR) is 135 cm³/mol. The Hall–Kier alpha value is -3.45. The van der Waals surface area contributed by atoms with Crippen molar-refractivity contribution in [1.29, 1.82) is 0 Å². The summed E-state index contributed by atoms with van der Waals surface area (Å²) in [6.45, 7) is 11.5. The van der Waals surface area contributed by atoms with Gasteiger partial charge in [-0.25, -0.2) is 4.52 Å². The molecule has 1 amide bonds. The third kappa shape index (κ3) is 4.35. The Morgan fingerprint density at radius 2 is 1.82 bits per heavy atom. The second-order valence-corrected chi connectivity index (χ2v) is 9.02. The molecule has 2 aromatic rings. The van der Waals surface area contributed by atoms with E-state index in [2.05, 4.69) is 34.7 Å². The van der Waals surface area contributed by atoms with E-state index in [0.717, 1.165) is 78.7 Å². The minimum Gasteiger partial charge on any atom is -0.368 e. The molecule has 0 unspecified atom stereocenters. The third-order valence-electron chi connectivity index (χ3n) is 6.58. The smallest absolute Gasteiger partial charge is 0.255 e. The van der Waals surface area contributed by atoms with E-state index in [1.807, 2.05) is 54.2 Å². The fourth-order valence-corrected chi connectivity index (χ4v) is 4.81. The van der Waals surface area contributed by atoms with Gasteiger partial charge in [0.25, 0.3) is 5.91 Å². The minimum atomic E-state index is -0.0702. The largest absolute Gasteiger partial charge is 0.368 e. The summed E-state index contributed by atoms with van der Waals surface area (Å²) in [5, 5.41) is 4.75. The highest BCUT2D eigenvalue weighted by Crippen LogP contribution is 2.26. The average Bonchev–Trinajstić information content (AvgIpc) is 3.26. The molecule has 3 aliphatic heterocycles. The molecular weight excluding hydrogens is 424 g/mol. The van der Waals surface area contributed by atoms with Crippen LogP contribution in [0.3, 0.4) is 0 Å². The summed E-state index contributed by atoms with van der Waals surface area (Å²) >= 11 is 0. The Labute approximate surface area is 201 Å². The summed E-state index contributed by atoms with van der Waals surface area (Å²) in [7, 11) is 0. The second kappa shape index (κ2) is 9.43. The number of fused-ring (bicyclic) bond motifs is 2. The van der Waals surface area contributed by atoms with Crippen LogP contribution in [0.4, 0.5) is 0 Å². The monoisotopic (exact) mass is 456 g/mol. The first-order valence-corrected chi connectivity index (χ1v) is 12.2. The van der Waals surface area contributed by atoms with Gasteiger partial charge < -0.3 is 4.90 Å². The Morgan fingerprint density at radius 3 is 2.59 bits per heavy atom. The van der Waals surface area contributed by atoms with E-state index in [1.54, 1.807) is 11.0 Å². The molecule has 2 aromatic heterocycles. The van der Waals surface area contributed by atoms with Gasteiger partial charge in [-0.2, -0.15) is 5.10 Å². The molecule has 5 rings (SSSR count). The number of piperazine rings is 1. The van der Waals surface area contributed by atoms with Crippen molar-refractivity contribution in [2.75, 3.05) is 32.7 Å². The number of hydrogen-bond acceptors (Lipinski definition) is 5. The molecule has 34 heavy (non-hydrogen) atoms. The highest BCUT2D eigenvalue weighted by atomic mass is 16.2. The molecule has 1 saturated heterocycles. The standard InChI is InChI=1S/C27H32N6O/c1-4-11-30-12-14-31(15-13-30)23-10-9-22-8-6-7-21(16-27(34)32(22)19-23)25-17-26-24(5-2)28-20(3)18-33(26)29-25/h6-10,16-19H,4-5,11-15H2,1-3H3/b7-6+,21-16+,22-8?. The van der Waals surface area contributed by atoms with Gasteiger partial charge >= 0.3 is 0 Å². The Bertz CT molecular complexity index is 1250. The van der Waals surface area contributed by atoms with Crippen LogP contribution in [0.15, 0.2) is 66.3 Å². The molecule has 0 bridgehead atoms. The van der Waals surface area contributed by atoms with Crippen LogP contribution in [0.2, 0.25) is 0 Å². The Balaban J connectivity index is 1.42. The van der Waals surface area contributed by atoms with Gasteiger partial charge in [-0.3, -0.25) is 19.6 Å². The molecule has 0 atom stereocenters. The van der Waals surface area contributed by atoms with Gasteiger partial charge in [-0.05, 0) is 50.6 Å². The van der Waals surface area contributed by atoms with Gasteiger partial charge in [0.1, 0.15) is 0 Å². The van der Waals surface area contributed by atoms with E-state index in [-0.39, 0.29) is 5.91 Å². The van der Waals surface area contributed by atoms with Crippen LogP contribution in [-0.2, 0) is 11.2 Å². The molecule has 7 nitrogen and oxygen atoms in total. The van der Waals surface area contributed by atoms with Crippen molar-refractivity contribution in [2.45, 2.75) is 33.6 Å². The van der Waals surface area contributed by atoms with E-state index in [9.17, 15) is 4.79 Å². The summed E-state index contributed by atoms with van der Waals surface area (Å²) < 4.78 is 1.87. The van der Waals surface area contributed by atoms with Crippen LogP contribution in [0.1, 0.15) is 37.4 Å². The van der Waals surface area contributed by atoms with Crippen LogP contribution in [0, 0.1) is 6.92 Å². The maximum Gasteiger partial charge on any atom is 0.255 e. The van der Waals surface area contributed by atoms with E-state index in [0.29, 0.717) is 0 Å². The minimum absolute atomic E-state index is 0.0702. The first-order chi connectivity index (χ1) is 16.6. The van der Waals surface area contributed by atoms with Gasteiger partial charge in [0, 0.05) is 49.7 Å². The fourth-order valence-electron chi connectivity index (χ4n) is 4.81. The maximum absolute atomic E-state index is 13.4. The molecule has 5 heterocycles. The van der Waals surface area contributed by atoms with Crippen molar-refractivity contribution in [2.24, 2.45) is 0 Å². The van der Waals surface area contributed by atoms with Crippen molar-refractivity contribution in [3.8, 4) is 0 Å². The molecule has 0 aromatic carbocycles. The molecule has 0 saturated carbocycles. The van der Waals surface area contributed by atoms with E-state index in [1.165, 1.54) is 6.42 Å². The van der Waals surface area contributed by atoms with Crippen LogP contribution in [-0.4, -0.2) is 67.9 Å². The molecule has 3 aliphatic rings. The Morgan fingerprint density at radius 1 is 1.03 bits per heavy atom. The number of carbonyl (C=O) groups is 1. The van der Waals surface area contributed by atoms with E-state index in [4.69, 9.17) is 5.10 Å². The van der Waals surface area contributed by atoms with Gasteiger partial charge in [-0.15, -0.1) is 0 Å². The molecule has 0 N–H and O–H groups in total. The van der Waals surface area contributed by atoms with Gasteiger partial charge in [0.2, 0.25) is 0 Å². The highest BCUT2D eigenvalue weighted by molar-refractivity contribution is 5.99. The molecule has 7 heteroatoms. The fraction of sp³-hybridized carbons (Fsp3) is 0.370. The van der Waals surface area contributed by atoms with Crippen LogP contribution in [0.25, 0.3) is 11.1 Å². The summed E-state index contributed by atoms with van der Waals surface area (Å²) in [6.07, 6.45) is 17.7. The lowest BCUT2D eigenvalue weighted by Crippen LogP contribution is -2.46. The summed E-state index contributed by atoms with van der Waals surface area (Å²) in [6, 6.07) is 2.02.